The van der Waals surface area contributed by atoms with Crippen LogP contribution in [0.25, 0.3) is 0 Å². The lowest BCUT2D eigenvalue weighted by molar-refractivity contribution is 0.150. The van der Waals surface area contributed by atoms with E-state index in [1.165, 1.54) is 56.1 Å². The Bertz CT molecular complexity index is 783. The van der Waals surface area contributed by atoms with E-state index in [4.69, 9.17) is 4.74 Å². The van der Waals surface area contributed by atoms with Crippen molar-refractivity contribution in [3.05, 3.63) is 29.3 Å². The molecule has 0 fully saturated rings. The lowest BCUT2D eigenvalue weighted by Crippen LogP contribution is -2.02. The summed E-state index contributed by atoms with van der Waals surface area (Å²) in [4.78, 5) is 1.13. The fourth-order valence-electron chi connectivity index (χ4n) is 2.37. The van der Waals surface area contributed by atoms with Gasteiger partial charge in [-0.25, -0.2) is 0 Å². The summed E-state index contributed by atoms with van der Waals surface area (Å²) in [5.41, 5.74) is 2.71. The van der Waals surface area contributed by atoms with Crippen LogP contribution in [-0.2, 0) is 32.2 Å². The second-order valence-electron chi connectivity index (χ2n) is 6.39. The van der Waals surface area contributed by atoms with Crippen LogP contribution in [0.5, 0.6) is 0 Å². The summed E-state index contributed by atoms with van der Waals surface area (Å²) >= 11 is 4.46. The highest BCUT2D eigenvalue weighted by molar-refractivity contribution is 7.80. The average molecular weight is 465 g/mol. The Morgan fingerprint density at radius 3 is 1.97 bits per heavy atom. The molecule has 0 aromatic heterocycles. The number of thiol groups is 1. The van der Waals surface area contributed by atoms with Crippen LogP contribution in [0.3, 0.4) is 0 Å². The SMILES string of the molecule is CCCCCCCCc1ccc(C)c(S)c1.O=S(=O)=NCCOCCN=S(=O)=O. The molecule has 0 aliphatic rings. The molecule has 1 rings (SSSR count). The van der Waals surface area contributed by atoms with Crippen LogP contribution in [0.1, 0.15) is 56.6 Å². The zero-order valence-corrected chi connectivity index (χ0v) is 19.7. The third-order valence-electron chi connectivity index (χ3n) is 3.96. The molecular formula is C19H32N2O5S3. The van der Waals surface area contributed by atoms with Gasteiger partial charge in [0.2, 0.25) is 0 Å². The lowest BCUT2D eigenvalue weighted by atomic mass is 10.0. The lowest BCUT2D eigenvalue weighted by Gasteiger charge is -2.04. The number of hydrogen-bond donors (Lipinski definition) is 1. The van der Waals surface area contributed by atoms with Gasteiger partial charge in [0, 0.05) is 4.90 Å². The van der Waals surface area contributed by atoms with Gasteiger partial charge in [-0.05, 0) is 37.0 Å². The smallest absolute Gasteiger partial charge is 0.311 e. The second-order valence-corrected chi connectivity index (χ2v) is 8.26. The predicted octanol–water partition coefficient (Wildman–Crippen LogP) is 4.32. The maximum Gasteiger partial charge on any atom is 0.311 e. The molecule has 0 spiro atoms. The number of hydrogen-bond acceptors (Lipinski definition) is 8. The molecule has 0 bridgehead atoms. The topological polar surface area (TPSA) is 102 Å². The van der Waals surface area contributed by atoms with Gasteiger partial charge in [-0.15, -0.1) is 12.6 Å². The van der Waals surface area contributed by atoms with E-state index in [0.717, 1.165) is 4.90 Å². The van der Waals surface area contributed by atoms with Crippen LogP contribution < -0.4 is 0 Å². The number of aryl methyl sites for hydroxylation is 2. The van der Waals surface area contributed by atoms with E-state index in [0.29, 0.717) is 0 Å². The predicted molar refractivity (Wildman–Crippen MR) is 119 cm³/mol. The Hall–Kier alpha value is -1.23. The Kier molecular flexibility index (Phi) is 18.0. The Labute approximate surface area is 183 Å². The number of benzene rings is 1. The molecule has 166 valence electrons. The Morgan fingerprint density at radius 1 is 0.897 bits per heavy atom. The van der Waals surface area contributed by atoms with Crippen molar-refractivity contribution in [3.63, 3.8) is 0 Å². The summed E-state index contributed by atoms with van der Waals surface area (Å²) in [6.45, 7) is 4.72. The van der Waals surface area contributed by atoms with E-state index in [-0.39, 0.29) is 26.3 Å². The third-order valence-corrected chi connectivity index (χ3v) is 5.23. The van der Waals surface area contributed by atoms with E-state index in [9.17, 15) is 16.8 Å². The minimum Gasteiger partial charge on any atom is -0.378 e. The molecule has 0 aliphatic carbocycles. The van der Waals surface area contributed by atoms with Gasteiger partial charge in [0.15, 0.2) is 0 Å². The largest absolute Gasteiger partial charge is 0.378 e. The molecule has 7 nitrogen and oxygen atoms in total. The first-order valence-corrected chi connectivity index (χ1v) is 12.3. The molecule has 0 heterocycles. The maximum atomic E-state index is 9.86. The first kappa shape index (κ1) is 27.8. The summed E-state index contributed by atoms with van der Waals surface area (Å²) < 4.78 is 50.4. The van der Waals surface area contributed by atoms with Gasteiger partial charge in [-0.1, -0.05) is 51.2 Å². The van der Waals surface area contributed by atoms with Gasteiger partial charge in [0.05, 0.1) is 26.3 Å². The van der Waals surface area contributed by atoms with E-state index >= 15 is 0 Å². The van der Waals surface area contributed by atoms with Crippen LogP contribution in [0.15, 0.2) is 31.8 Å². The zero-order chi connectivity index (χ0) is 21.9. The van der Waals surface area contributed by atoms with Crippen molar-refractivity contribution in [3.8, 4) is 0 Å². The van der Waals surface area contributed by atoms with Gasteiger partial charge in [-0.2, -0.15) is 25.6 Å². The molecule has 0 radical (unpaired) electrons. The van der Waals surface area contributed by atoms with Crippen LogP contribution in [0, 0.1) is 6.92 Å². The molecule has 0 aliphatic heterocycles. The van der Waals surface area contributed by atoms with Crippen LogP contribution >= 0.6 is 12.6 Å². The van der Waals surface area contributed by atoms with Crippen molar-refractivity contribution in [2.75, 3.05) is 26.3 Å². The minimum absolute atomic E-state index is 0.0383. The summed E-state index contributed by atoms with van der Waals surface area (Å²) in [6.07, 6.45) is 9.43. The van der Waals surface area contributed by atoms with Crippen molar-refractivity contribution in [1.82, 2.24) is 0 Å². The van der Waals surface area contributed by atoms with E-state index < -0.39 is 21.0 Å². The first-order valence-electron chi connectivity index (χ1n) is 9.76. The van der Waals surface area contributed by atoms with Crippen molar-refractivity contribution in [2.24, 2.45) is 8.73 Å². The minimum atomic E-state index is -2.41. The molecule has 0 amide bonds. The first-order chi connectivity index (χ1) is 13.9. The highest BCUT2D eigenvalue weighted by atomic mass is 32.2. The molecule has 10 heteroatoms. The molecule has 0 saturated heterocycles. The summed E-state index contributed by atoms with van der Waals surface area (Å²) in [6, 6.07) is 6.63. The molecule has 1 aromatic carbocycles. The number of rotatable bonds is 13. The number of nitrogens with zero attached hydrogens (tertiary/aromatic N) is 2. The highest BCUT2D eigenvalue weighted by Gasteiger charge is 1.97. The highest BCUT2D eigenvalue weighted by Crippen LogP contribution is 2.17. The van der Waals surface area contributed by atoms with E-state index in [2.05, 4.69) is 53.4 Å². The van der Waals surface area contributed by atoms with Gasteiger partial charge >= 0.3 is 21.0 Å². The molecular weight excluding hydrogens is 432 g/mol. The standard InChI is InChI=1S/C15H24S.C4H8N2O5S2/c1-3-4-5-6-7-8-9-14-11-10-13(2)15(16)12-14;7-12(8)5-1-3-11-4-2-6-13(9)10/h10-12,16H,3-9H2,1-2H3;1-4H2. The van der Waals surface area contributed by atoms with Gasteiger partial charge in [0.25, 0.3) is 0 Å². The molecule has 0 atom stereocenters. The summed E-state index contributed by atoms with van der Waals surface area (Å²) in [7, 11) is -4.81. The van der Waals surface area contributed by atoms with Crippen LogP contribution in [0.2, 0.25) is 0 Å². The Balaban J connectivity index is 0.000000555. The van der Waals surface area contributed by atoms with Gasteiger partial charge in [0.1, 0.15) is 0 Å². The zero-order valence-electron chi connectivity index (χ0n) is 17.2. The molecule has 0 unspecified atom stereocenters. The van der Waals surface area contributed by atoms with Gasteiger partial charge < -0.3 is 4.74 Å². The maximum absolute atomic E-state index is 9.86. The fraction of sp³-hybridized carbons (Fsp3) is 0.684. The molecule has 29 heavy (non-hydrogen) atoms. The van der Waals surface area contributed by atoms with Crippen molar-refractivity contribution in [2.45, 2.75) is 63.7 Å². The van der Waals surface area contributed by atoms with Gasteiger partial charge in [-0.3, -0.25) is 0 Å². The second kappa shape index (κ2) is 18.8. The molecule has 1 aromatic rings. The van der Waals surface area contributed by atoms with Crippen molar-refractivity contribution < 1.29 is 21.6 Å². The summed E-state index contributed by atoms with van der Waals surface area (Å²) in [5, 5.41) is 0. The molecule has 0 N–H and O–H groups in total. The fourth-order valence-corrected chi connectivity index (χ4v) is 3.06. The van der Waals surface area contributed by atoms with Crippen LogP contribution in [-0.4, -0.2) is 43.1 Å². The van der Waals surface area contributed by atoms with Crippen molar-refractivity contribution in [1.29, 1.82) is 0 Å². The molecule has 0 saturated carbocycles. The average Bonchev–Trinajstić information content (AvgIpc) is 2.66. The number of unbranched alkanes of at least 4 members (excludes halogenated alkanes) is 5. The third kappa shape index (κ3) is 18.5. The Morgan fingerprint density at radius 2 is 1.45 bits per heavy atom. The van der Waals surface area contributed by atoms with E-state index in [1.807, 2.05) is 0 Å². The number of ether oxygens (including phenoxy) is 1. The van der Waals surface area contributed by atoms with Crippen molar-refractivity contribution >= 4 is 33.6 Å². The van der Waals surface area contributed by atoms with E-state index in [1.54, 1.807) is 0 Å². The normalized spacial score (nSPS) is 10.0. The quantitative estimate of drug-likeness (QED) is 0.346. The monoisotopic (exact) mass is 464 g/mol. The van der Waals surface area contributed by atoms with Crippen LogP contribution in [0.4, 0.5) is 0 Å². The summed E-state index contributed by atoms with van der Waals surface area (Å²) in [5.74, 6) is 0.